The first kappa shape index (κ1) is 23.0. The number of ether oxygens (including phenoxy) is 1. The lowest BCUT2D eigenvalue weighted by molar-refractivity contribution is 0.0298. The molecule has 0 aliphatic carbocycles. The van der Waals surface area contributed by atoms with E-state index in [1.807, 2.05) is 65.0 Å². The summed E-state index contributed by atoms with van der Waals surface area (Å²) in [6.45, 7) is 2.85. The van der Waals surface area contributed by atoms with Crippen LogP contribution >= 0.6 is 11.8 Å². The summed E-state index contributed by atoms with van der Waals surface area (Å²) < 4.78 is 12.9. The third kappa shape index (κ3) is 4.21. The lowest BCUT2D eigenvalue weighted by atomic mass is 10.0. The van der Waals surface area contributed by atoms with Crippen LogP contribution in [0.1, 0.15) is 21.9 Å². The second-order valence-corrected chi connectivity index (χ2v) is 10.1. The van der Waals surface area contributed by atoms with Gasteiger partial charge in [0.2, 0.25) is 0 Å². The predicted molar refractivity (Wildman–Crippen MR) is 136 cm³/mol. The molecule has 1 amide bonds. The number of hydrogen-bond donors (Lipinski definition) is 0. The highest BCUT2D eigenvalue weighted by Crippen LogP contribution is 2.44. The van der Waals surface area contributed by atoms with Gasteiger partial charge in [-0.3, -0.25) is 4.79 Å². The topological polar surface area (TPSA) is 89.5 Å². The lowest BCUT2D eigenvalue weighted by Crippen LogP contribution is -2.41. The summed E-state index contributed by atoms with van der Waals surface area (Å²) in [4.78, 5) is 23.1. The van der Waals surface area contributed by atoms with Gasteiger partial charge >= 0.3 is 0 Å². The fraction of sp³-hybridized carbons (Fsp3) is 0.308. The molecule has 36 heavy (non-hydrogen) atoms. The minimum Gasteiger partial charge on any atom is -0.378 e. The van der Waals surface area contributed by atoms with Crippen molar-refractivity contribution in [1.29, 1.82) is 0 Å². The number of rotatable bonds is 5. The van der Waals surface area contributed by atoms with Gasteiger partial charge in [-0.1, -0.05) is 29.4 Å². The molecule has 1 fully saturated rings. The Balaban J connectivity index is 1.45. The third-order valence-corrected chi connectivity index (χ3v) is 7.36. The van der Waals surface area contributed by atoms with Crippen LogP contribution in [0.25, 0.3) is 28.4 Å². The van der Waals surface area contributed by atoms with Crippen LogP contribution in [0, 0.1) is 0 Å². The van der Waals surface area contributed by atoms with Crippen LogP contribution in [0.5, 0.6) is 0 Å². The van der Waals surface area contributed by atoms with Gasteiger partial charge in [0.15, 0.2) is 11.5 Å². The number of carbonyl (C=O) groups is 1. The molecule has 0 unspecified atom stereocenters. The number of aromatic nitrogens is 4. The van der Waals surface area contributed by atoms with Gasteiger partial charge in [0, 0.05) is 40.4 Å². The van der Waals surface area contributed by atoms with E-state index in [0.717, 1.165) is 28.1 Å². The molecular weight excluding hydrogens is 476 g/mol. The van der Waals surface area contributed by atoms with E-state index in [2.05, 4.69) is 22.3 Å². The highest BCUT2D eigenvalue weighted by molar-refractivity contribution is 7.98. The van der Waals surface area contributed by atoms with E-state index in [4.69, 9.17) is 14.4 Å². The number of thioether (sulfide) groups is 1. The number of nitrogens with zero attached hydrogens (tertiary/aromatic N) is 6. The molecular formula is C26H26N6O3S. The normalized spacial score (nSPS) is 15.1. The van der Waals surface area contributed by atoms with Crippen molar-refractivity contribution >= 4 is 17.7 Å². The van der Waals surface area contributed by atoms with Gasteiger partial charge in [0.05, 0.1) is 31.1 Å². The van der Waals surface area contributed by atoms with Crippen molar-refractivity contribution in [2.45, 2.75) is 17.2 Å². The van der Waals surface area contributed by atoms with Crippen LogP contribution < -0.4 is 0 Å². The van der Waals surface area contributed by atoms with Gasteiger partial charge in [0.1, 0.15) is 0 Å². The Labute approximate surface area is 213 Å². The summed E-state index contributed by atoms with van der Waals surface area (Å²) in [6.07, 6.45) is 0. The standard InChI is InChI=1S/C26H26N6O3S/c1-30(2)15-22-27-25(35-29-22)17-6-5-7-18(14-17)32-24-19-8-3-4-9-21(19)36-16-20(24)23(28-32)26(33)31-10-12-34-13-11-31/h3-9,14H,10-13,15-16H2,1-2H3. The summed E-state index contributed by atoms with van der Waals surface area (Å²) in [5.74, 6) is 1.72. The Morgan fingerprint density at radius 2 is 1.94 bits per heavy atom. The average molecular weight is 503 g/mol. The molecule has 2 aromatic carbocycles. The maximum Gasteiger partial charge on any atom is 0.274 e. The van der Waals surface area contributed by atoms with Crippen molar-refractivity contribution < 1.29 is 14.1 Å². The minimum atomic E-state index is -0.0466. The molecule has 184 valence electrons. The van der Waals surface area contributed by atoms with Crippen LogP contribution in [0.2, 0.25) is 0 Å². The number of hydrogen-bond acceptors (Lipinski definition) is 8. The molecule has 6 rings (SSSR count). The zero-order chi connectivity index (χ0) is 24.6. The summed E-state index contributed by atoms with van der Waals surface area (Å²) >= 11 is 1.74. The summed E-state index contributed by atoms with van der Waals surface area (Å²) in [5.41, 5.74) is 5.13. The molecule has 2 aliphatic rings. The number of morpholine rings is 1. The summed E-state index contributed by atoms with van der Waals surface area (Å²) in [7, 11) is 3.92. The first-order valence-electron chi connectivity index (χ1n) is 11.9. The molecule has 4 aromatic rings. The molecule has 0 radical (unpaired) electrons. The van der Waals surface area contributed by atoms with Crippen molar-refractivity contribution in [3.05, 3.63) is 65.6 Å². The molecule has 4 heterocycles. The number of amides is 1. The Morgan fingerprint density at radius 1 is 1.11 bits per heavy atom. The third-order valence-electron chi connectivity index (χ3n) is 6.26. The smallest absolute Gasteiger partial charge is 0.274 e. The average Bonchev–Trinajstić information content (AvgIpc) is 3.54. The SMILES string of the molecule is CN(C)Cc1noc(-c2cccc(-n3nc(C(=O)N4CCOCC4)c4c3-c3ccccc3SC4)c2)n1. The monoisotopic (exact) mass is 502 g/mol. The van der Waals surface area contributed by atoms with E-state index >= 15 is 0 Å². The molecule has 2 aromatic heterocycles. The molecule has 0 bridgehead atoms. The molecule has 0 atom stereocenters. The minimum absolute atomic E-state index is 0.0466. The maximum atomic E-state index is 13.6. The van der Waals surface area contributed by atoms with Crippen LogP contribution in [-0.4, -0.2) is 76.0 Å². The van der Waals surface area contributed by atoms with E-state index in [1.165, 1.54) is 4.90 Å². The predicted octanol–water partition coefficient (Wildman–Crippen LogP) is 3.73. The van der Waals surface area contributed by atoms with E-state index in [-0.39, 0.29) is 5.91 Å². The van der Waals surface area contributed by atoms with Crippen molar-refractivity contribution in [3.63, 3.8) is 0 Å². The number of benzene rings is 2. The Bertz CT molecular complexity index is 1420. The van der Waals surface area contributed by atoms with E-state index in [0.29, 0.717) is 56.0 Å². The van der Waals surface area contributed by atoms with Crippen molar-refractivity contribution in [2.24, 2.45) is 0 Å². The largest absolute Gasteiger partial charge is 0.378 e. The van der Waals surface area contributed by atoms with Gasteiger partial charge < -0.3 is 19.1 Å². The number of fused-ring (bicyclic) bond motifs is 3. The zero-order valence-corrected chi connectivity index (χ0v) is 21.0. The molecule has 1 saturated heterocycles. The first-order valence-corrected chi connectivity index (χ1v) is 12.9. The lowest BCUT2D eigenvalue weighted by Gasteiger charge is -2.26. The van der Waals surface area contributed by atoms with Gasteiger partial charge in [-0.05, 0) is 38.4 Å². The maximum absolute atomic E-state index is 13.6. The zero-order valence-electron chi connectivity index (χ0n) is 20.2. The Kier molecular flexibility index (Phi) is 6.08. The molecule has 2 aliphatic heterocycles. The van der Waals surface area contributed by atoms with Crippen molar-refractivity contribution in [1.82, 2.24) is 29.7 Å². The molecule has 0 saturated carbocycles. The summed E-state index contributed by atoms with van der Waals surface area (Å²) in [6, 6.07) is 16.1. The molecule has 10 heteroatoms. The fourth-order valence-electron chi connectivity index (χ4n) is 4.57. The van der Waals surface area contributed by atoms with E-state index < -0.39 is 0 Å². The van der Waals surface area contributed by atoms with Gasteiger partial charge in [-0.2, -0.15) is 10.1 Å². The van der Waals surface area contributed by atoms with Crippen LogP contribution in [0.3, 0.4) is 0 Å². The van der Waals surface area contributed by atoms with Gasteiger partial charge in [-0.15, -0.1) is 11.8 Å². The van der Waals surface area contributed by atoms with Crippen molar-refractivity contribution in [2.75, 3.05) is 40.4 Å². The molecule has 0 spiro atoms. The number of carbonyl (C=O) groups excluding carboxylic acids is 1. The highest BCUT2D eigenvalue weighted by Gasteiger charge is 2.32. The van der Waals surface area contributed by atoms with Crippen molar-refractivity contribution in [3.8, 4) is 28.4 Å². The second-order valence-electron chi connectivity index (χ2n) is 9.08. The Hall–Kier alpha value is -3.47. The van der Waals surface area contributed by atoms with Crippen LogP contribution in [0.15, 0.2) is 57.9 Å². The Morgan fingerprint density at radius 3 is 2.78 bits per heavy atom. The van der Waals surface area contributed by atoms with E-state index in [9.17, 15) is 4.79 Å². The molecule has 9 nitrogen and oxygen atoms in total. The molecule has 0 N–H and O–H groups in total. The fourth-order valence-corrected chi connectivity index (χ4v) is 5.63. The van der Waals surface area contributed by atoms with Crippen LogP contribution in [0.4, 0.5) is 0 Å². The van der Waals surface area contributed by atoms with Gasteiger partial charge in [-0.25, -0.2) is 4.68 Å². The van der Waals surface area contributed by atoms with Gasteiger partial charge in [0.25, 0.3) is 11.8 Å². The first-order chi connectivity index (χ1) is 17.6. The quantitative estimate of drug-likeness (QED) is 0.408. The second kappa shape index (κ2) is 9.53. The van der Waals surface area contributed by atoms with Crippen LogP contribution in [-0.2, 0) is 17.0 Å². The highest BCUT2D eigenvalue weighted by atomic mass is 32.2. The van der Waals surface area contributed by atoms with E-state index in [1.54, 1.807) is 11.8 Å². The summed E-state index contributed by atoms with van der Waals surface area (Å²) in [5, 5.41) is 9.01.